The Hall–Kier alpha value is -1.06. The summed E-state index contributed by atoms with van der Waals surface area (Å²) in [7, 11) is 0. The SMILES string of the molecule is Cc1cc(Cl)ccc1CNc1cc(Br)c(F)cc1C. The lowest BCUT2D eigenvalue weighted by molar-refractivity contribution is 0.620. The van der Waals surface area contributed by atoms with Crippen LogP contribution in [0.4, 0.5) is 10.1 Å². The van der Waals surface area contributed by atoms with Crippen LogP contribution in [-0.2, 0) is 6.54 Å². The van der Waals surface area contributed by atoms with Crippen molar-refractivity contribution in [3.8, 4) is 0 Å². The molecule has 0 aliphatic rings. The molecule has 0 heterocycles. The summed E-state index contributed by atoms with van der Waals surface area (Å²) < 4.78 is 13.8. The molecule has 0 unspecified atom stereocenters. The van der Waals surface area contributed by atoms with Gasteiger partial charge in [-0.05, 0) is 70.7 Å². The first-order valence-corrected chi connectivity index (χ1v) is 7.09. The molecule has 2 aromatic rings. The van der Waals surface area contributed by atoms with Gasteiger partial charge in [-0.1, -0.05) is 17.7 Å². The molecule has 0 atom stereocenters. The lowest BCUT2D eigenvalue weighted by Crippen LogP contribution is -2.03. The van der Waals surface area contributed by atoms with Crippen LogP contribution in [0.15, 0.2) is 34.8 Å². The number of benzene rings is 2. The number of hydrogen-bond donors (Lipinski definition) is 1. The summed E-state index contributed by atoms with van der Waals surface area (Å²) in [6.45, 7) is 4.59. The predicted molar refractivity (Wildman–Crippen MR) is 82.4 cm³/mol. The molecule has 1 nitrogen and oxygen atoms in total. The maximum Gasteiger partial charge on any atom is 0.137 e. The van der Waals surface area contributed by atoms with E-state index >= 15 is 0 Å². The Balaban J connectivity index is 2.16. The van der Waals surface area contributed by atoms with Crippen molar-refractivity contribution in [2.45, 2.75) is 20.4 Å². The normalized spacial score (nSPS) is 10.6. The maximum absolute atomic E-state index is 13.3. The van der Waals surface area contributed by atoms with E-state index in [-0.39, 0.29) is 5.82 Å². The second kappa shape index (κ2) is 5.93. The van der Waals surface area contributed by atoms with Crippen LogP contribution in [0, 0.1) is 19.7 Å². The Morgan fingerprint density at radius 3 is 2.58 bits per heavy atom. The molecule has 0 saturated heterocycles. The molecular weight excluding hydrogens is 329 g/mol. The van der Waals surface area contributed by atoms with E-state index in [1.165, 1.54) is 11.6 Å². The van der Waals surface area contributed by atoms with Crippen LogP contribution in [0.3, 0.4) is 0 Å². The van der Waals surface area contributed by atoms with Gasteiger partial charge in [-0.25, -0.2) is 4.39 Å². The van der Waals surface area contributed by atoms with Crippen LogP contribution < -0.4 is 5.32 Å². The smallest absolute Gasteiger partial charge is 0.137 e. The molecule has 2 aromatic carbocycles. The summed E-state index contributed by atoms with van der Waals surface area (Å²) in [5.74, 6) is -0.245. The standard InChI is InChI=1S/C15H14BrClFN/c1-9-5-12(17)4-3-11(9)8-19-15-7-13(16)14(18)6-10(15)2/h3-7,19H,8H2,1-2H3. The van der Waals surface area contributed by atoms with Crippen LogP contribution in [0.2, 0.25) is 5.02 Å². The van der Waals surface area contributed by atoms with Gasteiger partial charge in [0.1, 0.15) is 5.82 Å². The topological polar surface area (TPSA) is 12.0 Å². The minimum Gasteiger partial charge on any atom is -0.381 e. The summed E-state index contributed by atoms with van der Waals surface area (Å²) in [4.78, 5) is 0. The molecule has 0 amide bonds. The highest BCUT2D eigenvalue weighted by Crippen LogP contribution is 2.25. The van der Waals surface area contributed by atoms with E-state index in [4.69, 9.17) is 11.6 Å². The third kappa shape index (κ3) is 3.48. The molecule has 0 spiro atoms. The number of anilines is 1. The van der Waals surface area contributed by atoms with E-state index in [0.29, 0.717) is 11.0 Å². The Kier molecular flexibility index (Phi) is 4.48. The van der Waals surface area contributed by atoms with Gasteiger partial charge in [-0.15, -0.1) is 0 Å². The first kappa shape index (κ1) is 14.4. The van der Waals surface area contributed by atoms with E-state index < -0.39 is 0 Å². The van der Waals surface area contributed by atoms with Crippen molar-refractivity contribution in [1.29, 1.82) is 0 Å². The monoisotopic (exact) mass is 341 g/mol. The van der Waals surface area contributed by atoms with E-state index in [2.05, 4.69) is 21.2 Å². The Bertz CT molecular complexity index is 613. The highest BCUT2D eigenvalue weighted by molar-refractivity contribution is 9.10. The van der Waals surface area contributed by atoms with Gasteiger partial charge in [-0.2, -0.15) is 0 Å². The summed E-state index contributed by atoms with van der Waals surface area (Å²) in [5, 5.41) is 4.06. The first-order chi connectivity index (χ1) is 8.97. The zero-order chi connectivity index (χ0) is 14.0. The zero-order valence-corrected chi connectivity index (χ0v) is 13.1. The van der Waals surface area contributed by atoms with Gasteiger partial charge in [0.25, 0.3) is 0 Å². The first-order valence-electron chi connectivity index (χ1n) is 5.92. The molecule has 0 radical (unpaired) electrons. The highest BCUT2D eigenvalue weighted by atomic mass is 79.9. The molecule has 19 heavy (non-hydrogen) atoms. The minimum absolute atomic E-state index is 0.245. The predicted octanol–water partition coefficient (Wildman–Crippen LogP) is 5.47. The lowest BCUT2D eigenvalue weighted by atomic mass is 10.1. The van der Waals surface area contributed by atoms with Crippen molar-refractivity contribution in [3.63, 3.8) is 0 Å². The van der Waals surface area contributed by atoms with Gasteiger partial charge in [0.2, 0.25) is 0 Å². The molecule has 4 heteroatoms. The summed E-state index contributed by atoms with van der Waals surface area (Å²) in [5.41, 5.74) is 4.11. The van der Waals surface area contributed by atoms with Gasteiger partial charge in [0.05, 0.1) is 4.47 Å². The Labute approximate surface area is 125 Å². The van der Waals surface area contributed by atoms with Crippen molar-refractivity contribution in [1.82, 2.24) is 0 Å². The zero-order valence-electron chi connectivity index (χ0n) is 10.7. The van der Waals surface area contributed by atoms with E-state index in [9.17, 15) is 4.39 Å². The van der Waals surface area contributed by atoms with E-state index in [1.807, 2.05) is 32.0 Å². The maximum atomic E-state index is 13.3. The van der Waals surface area contributed by atoms with Crippen molar-refractivity contribution < 1.29 is 4.39 Å². The fourth-order valence-corrected chi connectivity index (χ4v) is 2.45. The molecule has 0 saturated carbocycles. The van der Waals surface area contributed by atoms with E-state index in [1.54, 1.807) is 6.07 Å². The molecule has 0 bridgehead atoms. The minimum atomic E-state index is -0.245. The second-order valence-electron chi connectivity index (χ2n) is 4.51. The average molecular weight is 343 g/mol. The van der Waals surface area contributed by atoms with Crippen LogP contribution in [0.1, 0.15) is 16.7 Å². The van der Waals surface area contributed by atoms with Crippen LogP contribution in [0.5, 0.6) is 0 Å². The molecule has 0 fully saturated rings. The average Bonchev–Trinajstić information content (AvgIpc) is 2.34. The third-order valence-electron chi connectivity index (χ3n) is 3.04. The number of nitrogens with one attached hydrogen (secondary N) is 1. The van der Waals surface area contributed by atoms with Gasteiger partial charge < -0.3 is 5.32 Å². The fourth-order valence-electron chi connectivity index (χ4n) is 1.88. The highest BCUT2D eigenvalue weighted by Gasteiger charge is 2.06. The fraction of sp³-hybridized carbons (Fsp3) is 0.200. The van der Waals surface area contributed by atoms with Crippen LogP contribution in [0.25, 0.3) is 0 Å². The van der Waals surface area contributed by atoms with Crippen LogP contribution in [-0.4, -0.2) is 0 Å². The van der Waals surface area contributed by atoms with E-state index in [0.717, 1.165) is 21.8 Å². The Morgan fingerprint density at radius 1 is 1.16 bits per heavy atom. The Morgan fingerprint density at radius 2 is 1.89 bits per heavy atom. The molecule has 1 N–H and O–H groups in total. The van der Waals surface area contributed by atoms with Gasteiger partial charge in [0.15, 0.2) is 0 Å². The summed E-state index contributed by atoms with van der Waals surface area (Å²) in [6.07, 6.45) is 0. The number of aryl methyl sites for hydroxylation is 2. The lowest BCUT2D eigenvalue weighted by Gasteiger charge is -2.12. The molecule has 0 aliphatic carbocycles. The molecule has 0 aliphatic heterocycles. The third-order valence-corrected chi connectivity index (χ3v) is 3.88. The number of halogens is 3. The van der Waals surface area contributed by atoms with Crippen molar-refractivity contribution >= 4 is 33.2 Å². The van der Waals surface area contributed by atoms with Gasteiger partial charge in [-0.3, -0.25) is 0 Å². The van der Waals surface area contributed by atoms with Gasteiger partial charge >= 0.3 is 0 Å². The summed E-state index contributed by atoms with van der Waals surface area (Å²) in [6, 6.07) is 9.08. The molecular formula is C15H14BrClFN. The molecule has 100 valence electrons. The van der Waals surface area contributed by atoms with Crippen molar-refractivity contribution in [2.75, 3.05) is 5.32 Å². The quantitative estimate of drug-likeness (QED) is 0.780. The molecule has 0 aromatic heterocycles. The van der Waals surface area contributed by atoms with Crippen molar-refractivity contribution in [2.24, 2.45) is 0 Å². The van der Waals surface area contributed by atoms with Crippen molar-refractivity contribution in [3.05, 3.63) is 62.3 Å². The van der Waals surface area contributed by atoms with Gasteiger partial charge in [0, 0.05) is 17.3 Å². The summed E-state index contributed by atoms with van der Waals surface area (Å²) >= 11 is 9.13. The number of rotatable bonds is 3. The number of hydrogen-bond acceptors (Lipinski definition) is 1. The van der Waals surface area contributed by atoms with Crippen LogP contribution >= 0.6 is 27.5 Å². The molecule has 2 rings (SSSR count). The largest absolute Gasteiger partial charge is 0.381 e. The second-order valence-corrected chi connectivity index (χ2v) is 5.80.